The zero-order valence-electron chi connectivity index (χ0n) is 14.7. The fraction of sp³-hybridized carbons (Fsp3) is 0.333. The van der Waals surface area contributed by atoms with Gasteiger partial charge < -0.3 is 10.2 Å². The molecule has 0 spiro atoms. The van der Waals surface area contributed by atoms with Crippen LogP contribution in [0.1, 0.15) is 18.1 Å². The maximum Gasteiger partial charge on any atom is 0.232 e. The van der Waals surface area contributed by atoms with Crippen LogP contribution in [0.25, 0.3) is 0 Å². The van der Waals surface area contributed by atoms with Crippen molar-refractivity contribution >= 4 is 27.3 Å². The zero-order chi connectivity index (χ0) is 19.4. The molecule has 0 aromatic heterocycles. The average Bonchev–Trinajstić information content (AvgIpc) is 2.58. The number of anilines is 1. The number of aliphatic hydroxyl groups excluding tert-OH is 1. The summed E-state index contributed by atoms with van der Waals surface area (Å²) in [6.45, 7) is 1.69. The minimum Gasteiger partial charge on any atom is -0.395 e. The minimum absolute atomic E-state index is 0.120. The minimum atomic E-state index is -3.61. The van der Waals surface area contributed by atoms with Crippen molar-refractivity contribution in [2.24, 2.45) is 0 Å². The molecule has 0 aliphatic rings. The van der Waals surface area contributed by atoms with E-state index < -0.39 is 15.7 Å². The Hall–Kier alpha value is -1.64. The normalized spacial score (nSPS) is 14.0. The molecule has 142 valence electrons. The van der Waals surface area contributed by atoms with Crippen LogP contribution in [0.4, 0.5) is 5.69 Å². The SMILES string of the molecule is CC(O)(NCCO)c1ccc(Cl)c(N(Cc2ccccc2)S(C)(=O)=O)c1. The second kappa shape index (κ2) is 8.37. The number of aliphatic hydroxyl groups is 2. The van der Waals surface area contributed by atoms with E-state index >= 15 is 0 Å². The Morgan fingerprint density at radius 2 is 1.85 bits per heavy atom. The summed E-state index contributed by atoms with van der Waals surface area (Å²) >= 11 is 6.27. The highest BCUT2D eigenvalue weighted by molar-refractivity contribution is 7.92. The van der Waals surface area contributed by atoms with E-state index in [0.717, 1.165) is 11.8 Å². The number of nitrogens with zero attached hydrogens (tertiary/aromatic N) is 1. The van der Waals surface area contributed by atoms with Crippen LogP contribution in [0, 0.1) is 0 Å². The second-order valence-electron chi connectivity index (χ2n) is 6.14. The molecule has 0 aliphatic carbocycles. The van der Waals surface area contributed by atoms with Gasteiger partial charge in [-0.1, -0.05) is 48.0 Å². The van der Waals surface area contributed by atoms with E-state index in [1.54, 1.807) is 12.1 Å². The number of nitrogens with one attached hydrogen (secondary N) is 1. The molecule has 0 bridgehead atoms. The summed E-state index contributed by atoms with van der Waals surface area (Å²) in [5.41, 5.74) is 0.0797. The quantitative estimate of drug-likeness (QED) is 0.592. The largest absolute Gasteiger partial charge is 0.395 e. The van der Waals surface area contributed by atoms with Crippen LogP contribution < -0.4 is 9.62 Å². The van der Waals surface area contributed by atoms with Crippen LogP contribution in [-0.4, -0.2) is 38.0 Å². The van der Waals surface area contributed by atoms with Gasteiger partial charge in [-0.3, -0.25) is 9.62 Å². The summed E-state index contributed by atoms with van der Waals surface area (Å²) in [5.74, 6) is 0. The number of hydrogen-bond acceptors (Lipinski definition) is 5. The van der Waals surface area contributed by atoms with Gasteiger partial charge in [0.1, 0.15) is 5.72 Å². The van der Waals surface area contributed by atoms with Gasteiger partial charge >= 0.3 is 0 Å². The third kappa shape index (κ3) is 5.18. The second-order valence-corrected chi connectivity index (χ2v) is 8.46. The third-order valence-electron chi connectivity index (χ3n) is 3.93. The van der Waals surface area contributed by atoms with Crippen molar-refractivity contribution in [1.82, 2.24) is 5.32 Å². The third-order valence-corrected chi connectivity index (χ3v) is 5.37. The number of sulfonamides is 1. The predicted octanol–water partition coefficient (Wildman–Crippen LogP) is 2.05. The molecule has 2 aromatic rings. The lowest BCUT2D eigenvalue weighted by Crippen LogP contribution is -2.41. The number of hydrogen-bond donors (Lipinski definition) is 3. The van der Waals surface area contributed by atoms with Gasteiger partial charge in [0, 0.05) is 12.1 Å². The molecule has 1 atom stereocenters. The van der Waals surface area contributed by atoms with E-state index in [1.165, 1.54) is 17.3 Å². The Morgan fingerprint density at radius 3 is 2.42 bits per heavy atom. The summed E-state index contributed by atoms with van der Waals surface area (Å²) in [4.78, 5) is 0. The molecular weight excluding hydrogens is 376 g/mol. The van der Waals surface area contributed by atoms with Crippen molar-refractivity contribution in [3.05, 3.63) is 64.7 Å². The summed E-state index contributed by atoms with van der Waals surface area (Å²) in [5, 5.41) is 22.6. The van der Waals surface area contributed by atoms with Crippen LogP contribution in [0.3, 0.4) is 0 Å². The first-order valence-electron chi connectivity index (χ1n) is 8.05. The zero-order valence-corrected chi connectivity index (χ0v) is 16.3. The van der Waals surface area contributed by atoms with Crippen LogP contribution in [0.15, 0.2) is 48.5 Å². The van der Waals surface area contributed by atoms with Gasteiger partial charge in [0.15, 0.2) is 0 Å². The molecule has 0 aliphatic heterocycles. The standard InChI is InChI=1S/C18H23ClN2O4S/c1-18(23,20-10-11-22)15-8-9-16(19)17(12-15)21(26(2,24)25)13-14-6-4-3-5-7-14/h3-9,12,20,22-23H,10-11,13H2,1-2H3. The van der Waals surface area contributed by atoms with Gasteiger partial charge in [0.25, 0.3) is 0 Å². The molecule has 2 aromatic carbocycles. The van der Waals surface area contributed by atoms with Gasteiger partial charge in [0.05, 0.1) is 30.1 Å². The van der Waals surface area contributed by atoms with Crippen LogP contribution in [-0.2, 0) is 22.3 Å². The van der Waals surface area contributed by atoms with E-state index in [0.29, 0.717) is 5.56 Å². The van der Waals surface area contributed by atoms with E-state index in [2.05, 4.69) is 5.32 Å². The van der Waals surface area contributed by atoms with Gasteiger partial charge in [-0.15, -0.1) is 0 Å². The summed E-state index contributed by atoms with van der Waals surface area (Å²) in [6, 6.07) is 13.9. The lowest BCUT2D eigenvalue weighted by molar-refractivity contribution is 0.0160. The maximum absolute atomic E-state index is 12.4. The van der Waals surface area contributed by atoms with Gasteiger partial charge in [-0.25, -0.2) is 8.42 Å². The lowest BCUT2D eigenvalue weighted by atomic mass is 10.0. The van der Waals surface area contributed by atoms with Crippen LogP contribution >= 0.6 is 11.6 Å². The lowest BCUT2D eigenvalue weighted by Gasteiger charge is -2.28. The Labute approximate surface area is 159 Å². The molecule has 0 radical (unpaired) electrons. The molecule has 2 rings (SSSR count). The molecule has 0 saturated carbocycles. The van der Waals surface area contributed by atoms with E-state index in [-0.39, 0.29) is 30.4 Å². The average molecular weight is 399 g/mol. The molecule has 3 N–H and O–H groups in total. The smallest absolute Gasteiger partial charge is 0.232 e. The van der Waals surface area contributed by atoms with Gasteiger partial charge in [0.2, 0.25) is 10.0 Å². The first-order chi connectivity index (χ1) is 12.1. The molecule has 0 amide bonds. The monoisotopic (exact) mass is 398 g/mol. The van der Waals surface area contributed by atoms with E-state index in [1.807, 2.05) is 30.3 Å². The Kier molecular flexibility index (Phi) is 6.65. The highest BCUT2D eigenvalue weighted by atomic mass is 35.5. The van der Waals surface area contributed by atoms with Crippen LogP contribution in [0.2, 0.25) is 5.02 Å². The topological polar surface area (TPSA) is 89.9 Å². The summed E-state index contributed by atoms with van der Waals surface area (Å²) in [6.07, 6.45) is 1.11. The molecule has 26 heavy (non-hydrogen) atoms. The first kappa shape index (κ1) is 20.7. The van der Waals surface area contributed by atoms with Crippen molar-refractivity contribution in [2.45, 2.75) is 19.2 Å². The fourth-order valence-corrected chi connectivity index (χ4v) is 3.70. The summed E-state index contributed by atoms with van der Waals surface area (Å²) in [7, 11) is -3.61. The van der Waals surface area contributed by atoms with E-state index in [4.69, 9.17) is 16.7 Å². The number of benzene rings is 2. The van der Waals surface area contributed by atoms with Crippen molar-refractivity contribution in [2.75, 3.05) is 23.7 Å². The Balaban J connectivity index is 2.46. The summed E-state index contributed by atoms with van der Waals surface area (Å²) < 4.78 is 26.0. The molecule has 0 heterocycles. The fourth-order valence-electron chi connectivity index (χ4n) is 2.54. The molecular formula is C18H23ClN2O4S. The number of rotatable bonds is 8. The van der Waals surface area contributed by atoms with Crippen LogP contribution in [0.5, 0.6) is 0 Å². The van der Waals surface area contributed by atoms with Crippen molar-refractivity contribution in [3.63, 3.8) is 0 Å². The molecule has 6 nitrogen and oxygen atoms in total. The van der Waals surface area contributed by atoms with Crippen molar-refractivity contribution in [1.29, 1.82) is 0 Å². The van der Waals surface area contributed by atoms with Crippen molar-refractivity contribution < 1.29 is 18.6 Å². The Morgan fingerprint density at radius 1 is 1.19 bits per heavy atom. The maximum atomic E-state index is 12.4. The van der Waals surface area contributed by atoms with Gasteiger partial charge in [-0.2, -0.15) is 0 Å². The molecule has 0 fully saturated rings. The number of halogens is 1. The highest BCUT2D eigenvalue weighted by Crippen LogP contribution is 2.33. The predicted molar refractivity (Wildman–Crippen MR) is 104 cm³/mol. The first-order valence-corrected chi connectivity index (χ1v) is 10.3. The van der Waals surface area contributed by atoms with Crippen molar-refractivity contribution in [3.8, 4) is 0 Å². The molecule has 8 heteroatoms. The van der Waals surface area contributed by atoms with E-state index in [9.17, 15) is 13.5 Å². The van der Waals surface area contributed by atoms with Gasteiger partial charge in [-0.05, 0) is 24.6 Å². The molecule has 1 unspecified atom stereocenters. The molecule has 0 saturated heterocycles. The Bertz CT molecular complexity index is 842. The highest BCUT2D eigenvalue weighted by Gasteiger charge is 2.26.